The number of hydrogen-bond acceptors (Lipinski definition) is 8. The number of guanidine groups is 1. The molecule has 176 valence electrons. The van der Waals surface area contributed by atoms with Crippen LogP contribution in [-0.4, -0.2) is 82.8 Å². The first-order chi connectivity index (χ1) is 14.5. The van der Waals surface area contributed by atoms with Crippen LogP contribution in [0.3, 0.4) is 0 Å². The molecule has 0 rings (SSSR count). The van der Waals surface area contributed by atoms with Crippen LogP contribution < -0.4 is 33.2 Å². The van der Waals surface area contributed by atoms with Crippen LogP contribution in [0.15, 0.2) is 4.99 Å². The lowest BCUT2D eigenvalue weighted by Crippen LogP contribution is -2.54. The molecule has 14 nitrogen and oxygen atoms in total. The zero-order valence-electron chi connectivity index (χ0n) is 16.7. The monoisotopic (exact) mass is 463 g/mol. The molecule has 0 aliphatic carbocycles. The molecular weight excluding hydrogens is 434 g/mol. The van der Waals surface area contributed by atoms with Crippen LogP contribution in [0.4, 0.5) is 0 Å². The highest BCUT2D eigenvalue weighted by Gasteiger charge is 2.27. The Labute approximate surface area is 183 Å². The Morgan fingerprint density at radius 1 is 0.968 bits per heavy atom. The molecule has 0 heterocycles. The van der Waals surface area contributed by atoms with Crippen molar-refractivity contribution < 1.29 is 34.2 Å². The van der Waals surface area contributed by atoms with Crippen molar-refractivity contribution >= 4 is 48.2 Å². The first kappa shape index (κ1) is 27.9. The lowest BCUT2D eigenvalue weighted by atomic mass is 10.1. The van der Waals surface area contributed by atoms with E-state index in [1.165, 1.54) is 0 Å². The van der Waals surface area contributed by atoms with E-state index in [1.807, 2.05) is 0 Å². The molecule has 0 aromatic carbocycles. The van der Waals surface area contributed by atoms with Crippen LogP contribution in [-0.2, 0) is 24.0 Å². The fourth-order valence-corrected chi connectivity index (χ4v) is 2.36. The Bertz CT molecular complexity index is 685. The van der Waals surface area contributed by atoms with Crippen molar-refractivity contribution in [1.82, 2.24) is 16.0 Å². The number of rotatable bonds is 15. The third-order valence-electron chi connectivity index (χ3n) is 3.82. The van der Waals surface area contributed by atoms with Crippen molar-refractivity contribution in [1.29, 1.82) is 0 Å². The molecule has 0 aromatic heterocycles. The zero-order valence-corrected chi connectivity index (χ0v) is 17.6. The van der Waals surface area contributed by atoms with Gasteiger partial charge in [-0.25, -0.2) is 4.79 Å². The van der Waals surface area contributed by atoms with Gasteiger partial charge in [0.15, 0.2) is 5.96 Å². The average molecular weight is 464 g/mol. The number of thiol groups is 1. The standard InChI is InChI=1S/C16H29N7O7S/c17-8(7-31)13(27)21-6-11(24)22-9(3-4-12(25)26)14(28)23-10(15(29)30)2-1-5-20-16(18)19/h8-10,31H,1-7,17H2,(H,21,27)(H,22,24)(H,23,28)(H,25,26)(H,29,30)(H4,18,19,20). The van der Waals surface area contributed by atoms with Gasteiger partial charge in [0.25, 0.3) is 0 Å². The second kappa shape index (κ2) is 14.8. The maximum atomic E-state index is 12.5. The van der Waals surface area contributed by atoms with Gasteiger partial charge in [-0.3, -0.25) is 24.2 Å². The molecular formula is C16H29N7O7S. The van der Waals surface area contributed by atoms with Gasteiger partial charge in [0.2, 0.25) is 17.7 Å². The molecule has 0 fully saturated rings. The smallest absolute Gasteiger partial charge is 0.326 e. The van der Waals surface area contributed by atoms with Crippen LogP contribution in [0.25, 0.3) is 0 Å². The molecule has 0 aliphatic heterocycles. The maximum Gasteiger partial charge on any atom is 0.326 e. The number of aliphatic imine (C=N–C) groups is 1. The molecule has 11 N–H and O–H groups in total. The fraction of sp³-hybridized carbons (Fsp3) is 0.625. The Kier molecular flexibility index (Phi) is 13.4. The molecule has 0 saturated heterocycles. The third kappa shape index (κ3) is 13.0. The predicted molar refractivity (Wildman–Crippen MR) is 113 cm³/mol. The van der Waals surface area contributed by atoms with Crippen molar-refractivity contribution in [3.63, 3.8) is 0 Å². The Balaban J connectivity index is 4.98. The van der Waals surface area contributed by atoms with E-state index < -0.39 is 60.8 Å². The van der Waals surface area contributed by atoms with E-state index in [0.29, 0.717) is 0 Å². The molecule has 0 saturated carbocycles. The summed E-state index contributed by atoms with van der Waals surface area (Å²) in [5.41, 5.74) is 15.8. The predicted octanol–water partition coefficient (Wildman–Crippen LogP) is -3.67. The van der Waals surface area contributed by atoms with Crippen LogP contribution in [0, 0.1) is 0 Å². The number of nitrogens with zero attached hydrogens (tertiary/aromatic N) is 1. The number of carboxylic acids is 2. The van der Waals surface area contributed by atoms with Gasteiger partial charge in [0.05, 0.1) is 12.6 Å². The van der Waals surface area contributed by atoms with Crippen molar-refractivity contribution in [3.05, 3.63) is 0 Å². The van der Waals surface area contributed by atoms with Crippen molar-refractivity contribution in [2.24, 2.45) is 22.2 Å². The van der Waals surface area contributed by atoms with Gasteiger partial charge in [-0.15, -0.1) is 0 Å². The highest BCUT2D eigenvalue weighted by molar-refractivity contribution is 7.80. The van der Waals surface area contributed by atoms with Gasteiger partial charge >= 0.3 is 11.9 Å². The molecule has 0 spiro atoms. The van der Waals surface area contributed by atoms with Gasteiger partial charge in [-0.1, -0.05) is 0 Å². The second-order valence-electron chi connectivity index (χ2n) is 6.41. The maximum absolute atomic E-state index is 12.5. The van der Waals surface area contributed by atoms with Crippen molar-refractivity contribution in [2.75, 3.05) is 18.8 Å². The summed E-state index contributed by atoms with van der Waals surface area (Å²) in [7, 11) is 0. The molecule has 15 heteroatoms. The summed E-state index contributed by atoms with van der Waals surface area (Å²) in [6, 6.07) is -3.57. The molecule has 0 radical (unpaired) electrons. The summed E-state index contributed by atoms with van der Waals surface area (Å²) in [6.07, 6.45) is -0.511. The number of nitrogens with two attached hydrogens (primary N) is 3. The number of carbonyl (C=O) groups is 5. The average Bonchev–Trinajstić information content (AvgIpc) is 2.69. The van der Waals surface area contributed by atoms with E-state index in [9.17, 15) is 29.1 Å². The van der Waals surface area contributed by atoms with Crippen molar-refractivity contribution in [3.8, 4) is 0 Å². The Hall–Kier alpha value is -3.07. The largest absolute Gasteiger partial charge is 0.481 e. The van der Waals surface area contributed by atoms with Gasteiger partial charge in [0, 0.05) is 18.7 Å². The topological polar surface area (TPSA) is 252 Å². The summed E-state index contributed by atoms with van der Waals surface area (Å²) in [5.74, 6) is -4.96. The van der Waals surface area contributed by atoms with Gasteiger partial charge in [-0.2, -0.15) is 12.6 Å². The minimum absolute atomic E-state index is 0.00484. The van der Waals surface area contributed by atoms with Crippen molar-refractivity contribution in [2.45, 2.75) is 43.8 Å². The summed E-state index contributed by atoms with van der Waals surface area (Å²) in [4.78, 5) is 62.1. The van der Waals surface area contributed by atoms with Crippen LogP contribution in [0.1, 0.15) is 25.7 Å². The van der Waals surface area contributed by atoms with E-state index in [0.717, 1.165) is 0 Å². The SMILES string of the molecule is NC(N)=NCCCC(NC(=O)C(CCC(=O)O)NC(=O)CNC(=O)C(N)CS)C(=O)O. The molecule has 3 amide bonds. The molecule has 0 aliphatic rings. The number of carboxylic acid groups (broad SMARTS) is 2. The lowest BCUT2D eigenvalue weighted by Gasteiger charge is -2.21. The van der Waals surface area contributed by atoms with E-state index in [4.69, 9.17) is 22.3 Å². The summed E-state index contributed by atoms with van der Waals surface area (Å²) in [6.45, 7) is -0.368. The summed E-state index contributed by atoms with van der Waals surface area (Å²) < 4.78 is 0. The lowest BCUT2D eigenvalue weighted by molar-refractivity contribution is -0.143. The number of hydrogen-bond donors (Lipinski definition) is 9. The Morgan fingerprint density at radius 2 is 1.61 bits per heavy atom. The van der Waals surface area contributed by atoms with Crippen LogP contribution >= 0.6 is 12.6 Å². The van der Waals surface area contributed by atoms with Gasteiger partial charge in [-0.05, 0) is 19.3 Å². The zero-order chi connectivity index (χ0) is 24.0. The first-order valence-corrected chi connectivity index (χ1v) is 9.85. The van der Waals surface area contributed by atoms with Crippen LogP contribution in [0.5, 0.6) is 0 Å². The second-order valence-corrected chi connectivity index (χ2v) is 6.77. The minimum atomic E-state index is -1.33. The Morgan fingerprint density at radius 3 is 2.13 bits per heavy atom. The summed E-state index contributed by atoms with van der Waals surface area (Å²) >= 11 is 3.85. The summed E-state index contributed by atoms with van der Waals surface area (Å²) in [5, 5.41) is 24.9. The van der Waals surface area contributed by atoms with E-state index in [1.54, 1.807) is 0 Å². The third-order valence-corrected chi connectivity index (χ3v) is 4.21. The van der Waals surface area contributed by atoms with E-state index >= 15 is 0 Å². The number of carbonyl (C=O) groups excluding carboxylic acids is 3. The normalized spacial score (nSPS) is 13.2. The molecule has 0 bridgehead atoms. The fourth-order valence-electron chi connectivity index (χ4n) is 2.20. The molecule has 31 heavy (non-hydrogen) atoms. The highest BCUT2D eigenvalue weighted by atomic mass is 32.1. The quantitative estimate of drug-likeness (QED) is 0.0497. The van der Waals surface area contributed by atoms with E-state index in [2.05, 4.69) is 33.6 Å². The van der Waals surface area contributed by atoms with Gasteiger partial charge in [0.1, 0.15) is 12.1 Å². The highest BCUT2D eigenvalue weighted by Crippen LogP contribution is 2.03. The molecule has 0 aromatic rings. The molecule has 3 unspecified atom stereocenters. The number of amides is 3. The van der Waals surface area contributed by atoms with E-state index in [-0.39, 0.29) is 37.5 Å². The number of nitrogens with one attached hydrogen (secondary N) is 3. The number of aliphatic carboxylic acids is 2. The molecule has 3 atom stereocenters. The van der Waals surface area contributed by atoms with Crippen LogP contribution in [0.2, 0.25) is 0 Å². The van der Waals surface area contributed by atoms with Gasteiger partial charge < -0.3 is 43.4 Å². The first-order valence-electron chi connectivity index (χ1n) is 9.21. The minimum Gasteiger partial charge on any atom is -0.481 e.